The molecule has 1 heterocycles. The average Bonchev–Trinajstić information content (AvgIpc) is 3.09. The lowest BCUT2D eigenvalue weighted by Crippen LogP contribution is -2.07. The van der Waals surface area contributed by atoms with E-state index in [1.807, 2.05) is 6.07 Å². The average molecular weight is 287 g/mol. The Hall–Kier alpha value is -1.62. The third-order valence-electron chi connectivity index (χ3n) is 4.13. The molecular weight excluding hydrogens is 270 g/mol. The van der Waals surface area contributed by atoms with Gasteiger partial charge < -0.3 is 10.1 Å². The van der Waals surface area contributed by atoms with Gasteiger partial charge in [0.05, 0.1) is 13.2 Å². The van der Waals surface area contributed by atoms with E-state index in [-0.39, 0.29) is 0 Å². The lowest BCUT2D eigenvalue weighted by molar-refractivity contribution is 0.410. The van der Waals surface area contributed by atoms with Gasteiger partial charge in [-0.05, 0) is 42.9 Å². The molecular formula is C15H17N3OS. The van der Waals surface area contributed by atoms with Crippen LogP contribution in [0.15, 0.2) is 18.2 Å². The molecule has 1 fully saturated rings. The van der Waals surface area contributed by atoms with Crippen LogP contribution in [0.25, 0.3) is 0 Å². The fourth-order valence-electron chi connectivity index (χ4n) is 2.91. The van der Waals surface area contributed by atoms with Gasteiger partial charge in [0.15, 0.2) is 0 Å². The quantitative estimate of drug-likeness (QED) is 0.934. The maximum Gasteiger partial charge on any atom is 0.203 e. The molecule has 1 atom stereocenters. The van der Waals surface area contributed by atoms with E-state index in [1.165, 1.54) is 35.5 Å². The number of rotatable bonds is 4. The number of nitrogens with zero attached hydrogens (tertiary/aromatic N) is 2. The number of anilines is 1. The van der Waals surface area contributed by atoms with Gasteiger partial charge in [0.1, 0.15) is 11.6 Å². The van der Waals surface area contributed by atoms with Crippen LogP contribution in [-0.4, -0.2) is 16.5 Å². The number of hydrogen-bond donors (Lipinski definition) is 1. The zero-order chi connectivity index (χ0) is 13.5. The van der Waals surface area contributed by atoms with E-state index in [0.29, 0.717) is 12.0 Å². The molecule has 2 aliphatic carbocycles. The van der Waals surface area contributed by atoms with Crippen molar-refractivity contribution >= 4 is 16.7 Å². The highest BCUT2D eigenvalue weighted by molar-refractivity contribution is 7.09. The summed E-state index contributed by atoms with van der Waals surface area (Å²) in [5.41, 5.74) is 2.67. The van der Waals surface area contributed by atoms with E-state index in [0.717, 1.165) is 29.5 Å². The Kier molecular flexibility index (Phi) is 2.88. The van der Waals surface area contributed by atoms with Gasteiger partial charge >= 0.3 is 0 Å². The zero-order valence-electron chi connectivity index (χ0n) is 11.4. The maximum absolute atomic E-state index is 5.45. The number of aromatic nitrogens is 2. The summed E-state index contributed by atoms with van der Waals surface area (Å²) in [6.45, 7) is 0. The molecule has 1 saturated carbocycles. The highest BCUT2D eigenvalue weighted by atomic mass is 32.1. The molecule has 4 rings (SSSR count). The second-order valence-electron chi connectivity index (χ2n) is 5.50. The van der Waals surface area contributed by atoms with Crippen molar-refractivity contribution in [3.8, 4) is 5.75 Å². The molecule has 2 aromatic rings. The molecule has 1 aromatic heterocycles. The van der Waals surface area contributed by atoms with Gasteiger partial charge in [0.2, 0.25) is 5.13 Å². The molecule has 0 aliphatic heterocycles. The molecule has 1 unspecified atom stereocenters. The second-order valence-corrected chi connectivity index (χ2v) is 6.25. The lowest BCUT2D eigenvalue weighted by atomic mass is 10.1. The van der Waals surface area contributed by atoms with Gasteiger partial charge in [-0.25, -0.2) is 4.98 Å². The van der Waals surface area contributed by atoms with Crippen molar-refractivity contribution in [2.45, 2.75) is 37.6 Å². The van der Waals surface area contributed by atoms with Crippen LogP contribution in [0.5, 0.6) is 5.75 Å². The van der Waals surface area contributed by atoms with Gasteiger partial charge in [-0.15, -0.1) is 0 Å². The molecule has 0 radical (unpaired) electrons. The molecule has 0 spiro atoms. The van der Waals surface area contributed by atoms with Gasteiger partial charge in [0, 0.05) is 17.5 Å². The number of ether oxygens (including phenoxy) is 1. The van der Waals surface area contributed by atoms with Crippen LogP contribution < -0.4 is 10.1 Å². The van der Waals surface area contributed by atoms with Crippen LogP contribution in [0.3, 0.4) is 0 Å². The van der Waals surface area contributed by atoms with E-state index < -0.39 is 0 Å². The Bertz CT molecular complexity index is 636. The van der Waals surface area contributed by atoms with Gasteiger partial charge in [-0.3, -0.25) is 0 Å². The Balaban J connectivity index is 1.56. The van der Waals surface area contributed by atoms with Gasteiger partial charge in [0.25, 0.3) is 0 Å². The van der Waals surface area contributed by atoms with E-state index >= 15 is 0 Å². The molecule has 4 nitrogen and oxygen atoms in total. The molecule has 0 bridgehead atoms. The standard InChI is InChI=1S/C15H17N3OS/c1-19-13-4-2-3-10-11(13)7-8-12(10)16-15-17-14(18-20-15)9-5-6-9/h2-4,9,12H,5-8H2,1H3,(H,16,17,18). The van der Waals surface area contributed by atoms with Gasteiger partial charge in [-0.2, -0.15) is 4.37 Å². The van der Waals surface area contributed by atoms with Crippen molar-refractivity contribution in [3.05, 3.63) is 35.2 Å². The third kappa shape index (κ3) is 2.06. The number of fused-ring (bicyclic) bond motifs is 1. The molecule has 104 valence electrons. The first kappa shape index (κ1) is 12.1. The lowest BCUT2D eigenvalue weighted by Gasteiger charge is -2.13. The number of nitrogens with one attached hydrogen (secondary N) is 1. The highest BCUT2D eigenvalue weighted by Gasteiger charge is 2.29. The molecule has 1 aromatic carbocycles. The summed E-state index contributed by atoms with van der Waals surface area (Å²) < 4.78 is 9.90. The van der Waals surface area contributed by atoms with Crippen LogP contribution in [0.2, 0.25) is 0 Å². The van der Waals surface area contributed by atoms with Crippen LogP contribution in [-0.2, 0) is 6.42 Å². The molecule has 5 heteroatoms. The van der Waals surface area contributed by atoms with Crippen molar-refractivity contribution in [1.82, 2.24) is 9.36 Å². The summed E-state index contributed by atoms with van der Waals surface area (Å²) in [7, 11) is 1.74. The summed E-state index contributed by atoms with van der Waals surface area (Å²) in [4.78, 5) is 4.62. The number of benzene rings is 1. The van der Waals surface area contributed by atoms with Crippen LogP contribution in [0.4, 0.5) is 5.13 Å². The van der Waals surface area contributed by atoms with E-state index in [2.05, 4.69) is 26.8 Å². The van der Waals surface area contributed by atoms with Crippen LogP contribution >= 0.6 is 11.5 Å². The topological polar surface area (TPSA) is 47.0 Å². The minimum absolute atomic E-state index is 0.333. The van der Waals surface area contributed by atoms with Crippen molar-refractivity contribution in [2.24, 2.45) is 0 Å². The van der Waals surface area contributed by atoms with Crippen molar-refractivity contribution in [1.29, 1.82) is 0 Å². The minimum Gasteiger partial charge on any atom is -0.496 e. The van der Waals surface area contributed by atoms with Crippen molar-refractivity contribution in [2.75, 3.05) is 12.4 Å². The monoisotopic (exact) mass is 287 g/mol. The summed E-state index contributed by atoms with van der Waals surface area (Å²) in [6, 6.07) is 6.62. The fourth-order valence-corrected chi connectivity index (χ4v) is 3.61. The summed E-state index contributed by atoms with van der Waals surface area (Å²) in [5, 5.41) is 4.49. The first-order valence-corrected chi connectivity index (χ1v) is 7.88. The first-order chi connectivity index (χ1) is 9.85. The summed E-state index contributed by atoms with van der Waals surface area (Å²) >= 11 is 1.49. The van der Waals surface area contributed by atoms with E-state index in [4.69, 9.17) is 4.74 Å². The molecule has 20 heavy (non-hydrogen) atoms. The number of hydrogen-bond acceptors (Lipinski definition) is 5. The summed E-state index contributed by atoms with van der Waals surface area (Å²) in [6.07, 6.45) is 4.65. The first-order valence-electron chi connectivity index (χ1n) is 7.11. The Morgan fingerprint density at radius 1 is 1.30 bits per heavy atom. The summed E-state index contributed by atoms with van der Waals surface area (Å²) in [5.74, 6) is 2.65. The smallest absolute Gasteiger partial charge is 0.203 e. The molecule has 0 amide bonds. The largest absolute Gasteiger partial charge is 0.496 e. The maximum atomic E-state index is 5.45. The van der Waals surface area contributed by atoms with Crippen LogP contribution in [0.1, 0.15) is 48.2 Å². The third-order valence-corrected chi connectivity index (χ3v) is 4.79. The number of methoxy groups -OCH3 is 1. The fraction of sp³-hybridized carbons (Fsp3) is 0.467. The van der Waals surface area contributed by atoms with Gasteiger partial charge in [-0.1, -0.05) is 12.1 Å². The predicted octanol–water partition coefficient (Wildman–Crippen LogP) is 3.52. The minimum atomic E-state index is 0.333. The normalized spacial score (nSPS) is 20.8. The molecule has 2 aliphatic rings. The van der Waals surface area contributed by atoms with E-state index in [9.17, 15) is 0 Å². The van der Waals surface area contributed by atoms with Crippen molar-refractivity contribution < 1.29 is 4.74 Å². The van der Waals surface area contributed by atoms with Crippen molar-refractivity contribution in [3.63, 3.8) is 0 Å². The molecule has 1 N–H and O–H groups in total. The zero-order valence-corrected chi connectivity index (χ0v) is 12.2. The Morgan fingerprint density at radius 3 is 3.00 bits per heavy atom. The Morgan fingerprint density at radius 2 is 2.20 bits per heavy atom. The van der Waals surface area contributed by atoms with Crippen LogP contribution in [0, 0.1) is 0 Å². The second kappa shape index (κ2) is 4.74. The van der Waals surface area contributed by atoms with E-state index in [1.54, 1.807) is 7.11 Å². The Labute approximate surface area is 122 Å². The predicted molar refractivity (Wildman–Crippen MR) is 79.6 cm³/mol. The molecule has 0 saturated heterocycles. The SMILES string of the molecule is COc1cccc2c1CCC2Nc1nc(C2CC2)ns1. The highest BCUT2D eigenvalue weighted by Crippen LogP contribution is 2.41.